The number of hydrogen-bond acceptors (Lipinski definition) is 2. The van der Waals surface area contributed by atoms with Gasteiger partial charge in [-0.05, 0) is 41.7 Å². The smallest absolute Gasteiger partial charge is 0.122 e. The number of rotatable bonds is 5. The van der Waals surface area contributed by atoms with Gasteiger partial charge >= 0.3 is 0 Å². The Morgan fingerprint density at radius 2 is 1.79 bits per heavy atom. The summed E-state index contributed by atoms with van der Waals surface area (Å²) >= 11 is 0. The van der Waals surface area contributed by atoms with E-state index in [1.165, 1.54) is 16.7 Å². The van der Waals surface area contributed by atoms with Crippen LogP contribution in [0.4, 0.5) is 0 Å². The van der Waals surface area contributed by atoms with Crippen molar-refractivity contribution in [2.45, 2.75) is 25.8 Å². The quantitative estimate of drug-likeness (QED) is 0.885. The monoisotopic (exact) mass is 255 g/mol. The molecule has 0 saturated heterocycles. The Balaban J connectivity index is 2.35. The van der Waals surface area contributed by atoms with E-state index in [1.54, 1.807) is 7.11 Å². The van der Waals surface area contributed by atoms with Gasteiger partial charge in [0.25, 0.3) is 0 Å². The third kappa shape index (κ3) is 3.36. The Morgan fingerprint density at radius 3 is 2.42 bits per heavy atom. The van der Waals surface area contributed by atoms with Gasteiger partial charge in [0, 0.05) is 6.04 Å². The van der Waals surface area contributed by atoms with Crippen molar-refractivity contribution in [1.82, 2.24) is 0 Å². The van der Waals surface area contributed by atoms with E-state index in [0.717, 1.165) is 18.6 Å². The van der Waals surface area contributed by atoms with E-state index in [1.807, 2.05) is 12.1 Å². The molecule has 0 bridgehead atoms. The van der Waals surface area contributed by atoms with Crippen LogP contribution in [0, 0.1) is 0 Å². The molecule has 1 atom stereocenters. The number of hydrogen-bond donors (Lipinski definition) is 1. The van der Waals surface area contributed by atoms with Crippen LogP contribution in [-0.4, -0.2) is 13.2 Å². The van der Waals surface area contributed by atoms with Gasteiger partial charge in [-0.1, -0.05) is 43.3 Å². The molecule has 2 aromatic carbocycles. The zero-order valence-electron chi connectivity index (χ0n) is 11.6. The standard InChI is InChI=1S/C17H21NO/c1-3-16(18)12-15-11-14(9-10-17(15)19-2)13-7-5-4-6-8-13/h4-11,16H,3,12,18H2,1-2H3. The van der Waals surface area contributed by atoms with Crippen molar-refractivity contribution in [1.29, 1.82) is 0 Å². The number of ether oxygens (including phenoxy) is 1. The van der Waals surface area contributed by atoms with Crippen molar-refractivity contribution in [2.24, 2.45) is 5.73 Å². The molecule has 0 aliphatic rings. The molecule has 0 saturated carbocycles. The molecule has 0 aliphatic heterocycles. The van der Waals surface area contributed by atoms with Gasteiger partial charge in [-0.25, -0.2) is 0 Å². The summed E-state index contributed by atoms with van der Waals surface area (Å²) in [6.45, 7) is 2.11. The third-order valence-corrected chi connectivity index (χ3v) is 3.39. The minimum absolute atomic E-state index is 0.180. The SMILES string of the molecule is CCC(N)Cc1cc(-c2ccccc2)ccc1OC. The molecule has 0 aromatic heterocycles. The molecule has 0 heterocycles. The van der Waals surface area contributed by atoms with Crippen molar-refractivity contribution < 1.29 is 4.74 Å². The van der Waals surface area contributed by atoms with E-state index >= 15 is 0 Å². The predicted octanol–water partition coefficient (Wildman–Crippen LogP) is 3.64. The summed E-state index contributed by atoms with van der Waals surface area (Å²) in [5.41, 5.74) is 9.67. The van der Waals surface area contributed by atoms with Crippen LogP contribution in [0.15, 0.2) is 48.5 Å². The molecule has 0 aliphatic carbocycles. The summed E-state index contributed by atoms with van der Waals surface area (Å²) in [6, 6.07) is 16.9. The largest absolute Gasteiger partial charge is 0.496 e. The highest BCUT2D eigenvalue weighted by molar-refractivity contribution is 5.65. The van der Waals surface area contributed by atoms with Crippen LogP contribution in [0.2, 0.25) is 0 Å². The van der Waals surface area contributed by atoms with Crippen molar-refractivity contribution in [2.75, 3.05) is 7.11 Å². The van der Waals surface area contributed by atoms with Crippen LogP contribution in [0.3, 0.4) is 0 Å². The highest BCUT2D eigenvalue weighted by Crippen LogP contribution is 2.27. The van der Waals surface area contributed by atoms with Gasteiger partial charge in [-0.3, -0.25) is 0 Å². The fraction of sp³-hybridized carbons (Fsp3) is 0.294. The van der Waals surface area contributed by atoms with Crippen LogP contribution in [0.5, 0.6) is 5.75 Å². The Bertz CT molecular complexity index is 522. The van der Waals surface area contributed by atoms with Gasteiger partial charge in [0.15, 0.2) is 0 Å². The van der Waals surface area contributed by atoms with Crippen molar-refractivity contribution >= 4 is 0 Å². The molecule has 19 heavy (non-hydrogen) atoms. The summed E-state index contributed by atoms with van der Waals surface area (Å²) in [5, 5.41) is 0. The molecule has 100 valence electrons. The summed E-state index contributed by atoms with van der Waals surface area (Å²) in [5.74, 6) is 0.920. The summed E-state index contributed by atoms with van der Waals surface area (Å²) in [4.78, 5) is 0. The van der Waals surface area contributed by atoms with Gasteiger partial charge in [0.2, 0.25) is 0 Å². The maximum Gasteiger partial charge on any atom is 0.122 e. The Labute approximate surface area is 115 Å². The van der Waals surface area contributed by atoms with Crippen LogP contribution in [0.25, 0.3) is 11.1 Å². The molecule has 1 unspecified atom stereocenters. The molecule has 2 rings (SSSR count). The lowest BCUT2D eigenvalue weighted by atomic mass is 9.98. The molecule has 0 fully saturated rings. The Hall–Kier alpha value is -1.80. The lowest BCUT2D eigenvalue weighted by Gasteiger charge is -2.14. The third-order valence-electron chi connectivity index (χ3n) is 3.39. The van der Waals surface area contributed by atoms with Crippen LogP contribution in [0.1, 0.15) is 18.9 Å². The molecule has 2 nitrogen and oxygen atoms in total. The Kier molecular flexibility index (Phi) is 4.58. The summed E-state index contributed by atoms with van der Waals surface area (Å²) in [6.07, 6.45) is 1.82. The molecular weight excluding hydrogens is 234 g/mol. The van der Waals surface area contributed by atoms with Crippen molar-refractivity contribution in [3.63, 3.8) is 0 Å². The zero-order valence-corrected chi connectivity index (χ0v) is 11.6. The minimum Gasteiger partial charge on any atom is -0.496 e. The minimum atomic E-state index is 0.180. The molecule has 2 aromatic rings. The lowest BCUT2D eigenvalue weighted by molar-refractivity contribution is 0.407. The number of nitrogens with two attached hydrogens (primary N) is 1. The maximum atomic E-state index is 6.06. The maximum absolute atomic E-state index is 6.06. The second-order valence-electron chi connectivity index (χ2n) is 4.77. The predicted molar refractivity (Wildman–Crippen MR) is 80.4 cm³/mol. The average molecular weight is 255 g/mol. The normalized spacial score (nSPS) is 12.2. The van der Waals surface area contributed by atoms with Gasteiger partial charge in [-0.15, -0.1) is 0 Å². The first-order chi connectivity index (χ1) is 9.24. The van der Waals surface area contributed by atoms with E-state index in [0.29, 0.717) is 0 Å². The molecule has 0 spiro atoms. The molecule has 2 N–H and O–H groups in total. The zero-order chi connectivity index (χ0) is 13.7. The van der Waals surface area contributed by atoms with Crippen molar-refractivity contribution in [3.8, 4) is 16.9 Å². The second kappa shape index (κ2) is 6.39. The molecular formula is C17H21NO. The molecule has 0 amide bonds. The fourth-order valence-corrected chi connectivity index (χ4v) is 2.18. The van der Waals surface area contributed by atoms with Crippen molar-refractivity contribution in [3.05, 3.63) is 54.1 Å². The molecule has 0 radical (unpaired) electrons. The fourth-order valence-electron chi connectivity index (χ4n) is 2.18. The molecule has 2 heteroatoms. The second-order valence-corrected chi connectivity index (χ2v) is 4.77. The summed E-state index contributed by atoms with van der Waals surface area (Å²) < 4.78 is 5.43. The van der Waals surface area contributed by atoms with E-state index in [9.17, 15) is 0 Å². The van der Waals surface area contributed by atoms with Gasteiger partial charge in [-0.2, -0.15) is 0 Å². The summed E-state index contributed by atoms with van der Waals surface area (Å²) in [7, 11) is 1.71. The highest BCUT2D eigenvalue weighted by Gasteiger charge is 2.09. The van der Waals surface area contributed by atoms with Crippen LogP contribution in [-0.2, 0) is 6.42 Å². The topological polar surface area (TPSA) is 35.2 Å². The van der Waals surface area contributed by atoms with E-state index < -0.39 is 0 Å². The highest BCUT2D eigenvalue weighted by atomic mass is 16.5. The number of benzene rings is 2. The van der Waals surface area contributed by atoms with Crippen LogP contribution >= 0.6 is 0 Å². The van der Waals surface area contributed by atoms with Gasteiger partial charge in [0.1, 0.15) is 5.75 Å². The van der Waals surface area contributed by atoms with Gasteiger partial charge in [0.05, 0.1) is 7.11 Å². The van der Waals surface area contributed by atoms with Gasteiger partial charge < -0.3 is 10.5 Å². The first-order valence-electron chi connectivity index (χ1n) is 6.72. The Morgan fingerprint density at radius 1 is 1.05 bits per heavy atom. The van der Waals surface area contributed by atoms with E-state index in [4.69, 9.17) is 10.5 Å². The lowest BCUT2D eigenvalue weighted by Crippen LogP contribution is -2.21. The average Bonchev–Trinajstić information content (AvgIpc) is 2.48. The van der Waals surface area contributed by atoms with Crippen LogP contribution < -0.4 is 10.5 Å². The number of methoxy groups -OCH3 is 1. The van der Waals surface area contributed by atoms with E-state index in [-0.39, 0.29) is 6.04 Å². The first kappa shape index (κ1) is 13.6. The van der Waals surface area contributed by atoms with E-state index in [2.05, 4.69) is 43.3 Å². The first-order valence-corrected chi connectivity index (χ1v) is 6.72.